The highest BCUT2D eigenvalue weighted by molar-refractivity contribution is 7.80. The number of hydrogen-bond donors (Lipinski definition) is 1. The number of hydrogen-bond acceptors (Lipinski definition) is 3. The molecular formula is C19H22N2O2S. The van der Waals surface area contributed by atoms with Crippen LogP contribution in [-0.4, -0.2) is 29.1 Å². The van der Waals surface area contributed by atoms with Crippen LogP contribution in [0.25, 0.3) is 0 Å². The molecule has 0 aliphatic rings. The van der Waals surface area contributed by atoms with Crippen LogP contribution in [0.2, 0.25) is 0 Å². The molecule has 2 aromatic rings. The predicted molar refractivity (Wildman–Crippen MR) is 102 cm³/mol. The topological polar surface area (TPSA) is 41.6 Å². The number of nitrogens with zero attached hydrogens (tertiary/aromatic N) is 1. The number of ether oxygens (including phenoxy) is 1. The van der Waals surface area contributed by atoms with E-state index in [0.717, 1.165) is 24.3 Å². The summed E-state index contributed by atoms with van der Waals surface area (Å²) < 4.78 is 5.65. The van der Waals surface area contributed by atoms with Gasteiger partial charge in [0, 0.05) is 24.3 Å². The zero-order valence-corrected chi connectivity index (χ0v) is 15.0. The van der Waals surface area contributed by atoms with E-state index >= 15 is 0 Å². The summed E-state index contributed by atoms with van der Waals surface area (Å²) in [4.78, 5) is 14.2. The van der Waals surface area contributed by atoms with E-state index in [9.17, 15) is 4.79 Å². The summed E-state index contributed by atoms with van der Waals surface area (Å²) in [5, 5.41) is 3.32. The van der Waals surface area contributed by atoms with Crippen LogP contribution in [0.4, 0.5) is 5.69 Å². The average Bonchev–Trinajstić information content (AvgIpc) is 2.56. The van der Waals surface area contributed by atoms with Crippen LogP contribution in [0.3, 0.4) is 0 Å². The molecule has 0 aromatic heterocycles. The van der Waals surface area contributed by atoms with E-state index in [2.05, 4.69) is 5.32 Å². The Morgan fingerprint density at radius 2 is 1.79 bits per heavy atom. The van der Waals surface area contributed by atoms with Crippen molar-refractivity contribution in [3.8, 4) is 5.75 Å². The maximum absolute atomic E-state index is 12.3. The molecule has 0 heterocycles. The predicted octanol–water partition coefficient (Wildman–Crippen LogP) is 4.25. The lowest BCUT2D eigenvalue weighted by atomic mass is 10.2. The van der Waals surface area contributed by atoms with Crippen molar-refractivity contribution in [1.82, 2.24) is 4.90 Å². The molecule has 2 rings (SSSR count). The monoisotopic (exact) mass is 342 g/mol. The van der Waals surface area contributed by atoms with Gasteiger partial charge in [-0.1, -0.05) is 12.1 Å². The molecule has 0 unspecified atom stereocenters. The van der Waals surface area contributed by atoms with E-state index in [-0.39, 0.29) is 5.91 Å². The van der Waals surface area contributed by atoms with Crippen molar-refractivity contribution in [2.24, 2.45) is 0 Å². The first-order valence-electron chi connectivity index (χ1n) is 7.98. The van der Waals surface area contributed by atoms with Crippen molar-refractivity contribution in [3.05, 3.63) is 59.7 Å². The summed E-state index contributed by atoms with van der Waals surface area (Å²) in [6.45, 7) is 7.63. The van der Waals surface area contributed by atoms with Gasteiger partial charge in [0.2, 0.25) is 0 Å². The van der Waals surface area contributed by atoms with Crippen LogP contribution in [0, 0.1) is 6.92 Å². The summed E-state index contributed by atoms with van der Waals surface area (Å²) >= 11 is 5.26. The van der Waals surface area contributed by atoms with Crippen molar-refractivity contribution in [3.63, 3.8) is 0 Å². The molecule has 0 aliphatic heterocycles. The van der Waals surface area contributed by atoms with Crippen molar-refractivity contribution in [1.29, 1.82) is 0 Å². The Bertz CT molecular complexity index is 710. The Morgan fingerprint density at radius 1 is 1.12 bits per heavy atom. The zero-order valence-electron chi connectivity index (χ0n) is 14.2. The second-order valence-electron chi connectivity index (χ2n) is 5.39. The smallest absolute Gasteiger partial charge is 0.264 e. The Hall–Kier alpha value is -2.40. The van der Waals surface area contributed by atoms with Gasteiger partial charge in [-0.25, -0.2) is 0 Å². The molecule has 0 atom stereocenters. The van der Waals surface area contributed by atoms with Crippen molar-refractivity contribution < 1.29 is 9.53 Å². The average molecular weight is 342 g/mol. The quantitative estimate of drug-likeness (QED) is 0.825. The highest BCUT2D eigenvalue weighted by atomic mass is 32.1. The molecule has 0 radical (unpaired) electrons. The Balaban J connectivity index is 2.01. The van der Waals surface area contributed by atoms with E-state index in [1.807, 2.05) is 49.9 Å². The Labute approximate surface area is 148 Å². The fourth-order valence-corrected chi connectivity index (χ4v) is 2.60. The second kappa shape index (κ2) is 8.45. The molecule has 4 nitrogen and oxygen atoms in total. The molecule has 5 heteroatoms. The SMILES string of the molecule is CCN(CC)C(=S)Oc1ccc(C(=O)Nc2cccc(C)c2)cc1. The highest BCUT2D eigenvalue weighted by Gasteiger charge is 2.10. The lowest BCUT2D eigenvalue weighted by molar-refractivity contribution is 0.102. The Morgan fingerprint density at radius 3 is 2.38 bits per heavy atom. The van der Waals surface area contributed by atoms with Crippen LogP contribution >= 0.6 is 12.2 Å². The van der Waals surface area contributed by atoms with E-state index in [0.29, 0.717) is 16.5 Å². The van der Waals surface area contributed by atoms with E-state index in [4.69, 9.17) is 17.0 Å². The molecule has 2 aromatic carbocycles. The normalized spacial score (nSPS) is 10.1. The van der Waals surface area contributed by atoms with Crippen LogP contribution in [-0.2, 0) is 0 Å². The van der Waals surface area contributed by atoms with Gasteiger partial charge in [-0.05, 0) is 75.0 Å². The Kier molecular flexibility index (Phi) is 6.32. The number of thiocarbonyl (C=S) groups is 1. The molecule has 0 bridgehead atoms. The van der Waals surface area contributed by atoms with Gasteiger partial charge in [0.15, 0.2) is 0 Å². The minimum Gasteiger partial charge on any atom is -0.432 e. The minimum absolute atomic E-state index is 0.154. The number of amides is 1. The molecule has 0 saturated heterocycles. The molecule has 24 heavy (non-hydrogen) atoms. The maximum atomic E-state index is 12.3. The highest BCUT2D eigenvalue weighted by Crippen LogP contribution is 2.16. The van der Waals surface area contributed by atoms with Gasteiger partial charge in [-0.3, -0.25) is 4.79 Å². The lowest BCUT2D eigenvalue weighted by Crippen LogP contribution is -2.32. The third-order valence-electron chi connectivity index (χ3n) is 3.62. The van der Waals surface area contributed by atoms with Gasteiger partial charge in [0.1, 0.15) is 5.75 Å². The zero-order chi connectivity index (χ0) is 17.5. The first-order chi connectivity index (χ1) is 11.5. The summed E-state index contributed by atoms with van der Waals surface area (Å²) in [5.74, 6) is 0.470. The number of aryl methyl sites for hydroxylation is 1. The summed E-state index contributed by atoms with van der Waals surface area (Å²) in [6.07, 6.45) is 0. The summed E-state index contributed by atoms with van der Waals surface area (Å²) in [7, 11) is 0. The van der Waals surface area contributed by atoms with Gasteiger partial charge in [-0.15, -0.1) is 0 Å². The van der Waals surface area contributed by atoms with Crippen LogP contribution in [0.5, 0.6) is 5.75 Å². The van der Waals surface area contributed by atoms with Gasteiger partial charge in [0.05, 0.1) is 0 Å². The van der Waals surface area contributed by atoms with Gasteiger partial charge in [-0.2, -0.15) is 0 Å². The van der Waals surface area contributed by atoms with Gasteiger partial charge < -0.3 is 15.0 Å². The number of benzene rings is 2. The molecule has 0 aliphatic carbocycles. The molecule has 0 fully saturated rings. The van der Waals surface area contributed by atoms with Crippen LogP contribution in [0.15, 0.2) is 48.5 Å². The maximum Gasteiger partial charge on any atom is 0.264 e. The van der Waals surface area contributed by atoms with Crippen LogP contribution in [0.1, 0.15) is 29.8 Å². The molecule has 0 saturated carbocycles. The number of carbonyl (C=O) groups excluding carboxylic acids is 1. The van der Waals surface area contributed by atoms with E-state index in [1.165, 1.54) is 0 Å². The minimum atomic E-state index is -0.154. The van der Waals surface area contributed by atoms with Gasteiger partial charge in [0.25, 0.3) is 11.1 Å². The molecular weight excluding hydrogens is 320 g/mol. The van der Waals surface area contributed by atoms with E-state index < -0.39 is 0 Å². The molecule has 126 valence electrons. The lowest BCUT2D eigenvalue weighted by Gasteiger charge is -2.21. The fourth-order valence-electron chi connectivity index (χ4n) is 2.25. The number of rotatable bonds is 5. The third-order valence-corrected chi connectivity index (χ3v) is 3.96. The molecule has 0 spiro atoms. The molecule has 1 N–H and O–H groups in total. The van der Waals surface area contributed by atoms with Crippen molar-refractivity contribution in [2.75, 3.05) is 18.4 Å². The first kappa shape index (κ1) is 17.9. The number of anilines is 1. The number of nitrogens with one attached hydrogen (secondary N) is 1. The van der Waals surface area contributed by atoms with Crippen LogP contribution < -0.4 is 10.1 Å². The summed E-state index contributed by atoms with van der Waals surface area (Å²) in [5.41, 5.74) is 2.45. The number of carbonyl (C=O) groups is 1. The van der Waals surface area contributed by atoms with Crippen molar-refractivity contribution >= 4 is 29.0 Å². The standard InChI is InChI=1S/C19H22N2O2S/c1-4-21(5-2)19(24)23-17-11-9-15(10-12-17)18(22)20-16-8-6-7-14(3)13-16/h6-13H,4-5H2,1-3H3,(H,20,22). The second-order valence-corrected chi connectivity index (χ2v) is 5.74. The summed E-state index contributed by atoms with van der Waals surface area (Å²) in [6, 6.07) is 14.7. The fraction of sp³-hybridized carbons (Fsp3) is 0.263. The first-order valence-corrected chi connectivity index (χ1v) is 8.39. The molecule has 1 amide bonds. The third kappa shape index (κ3) is 4.80. The van der Waals surface area contributed by atoms with Gasteiger partial charge >= 0.3 is 0 Å². The largest absolute Gasteiger partial charge is 0.432 e. The van der Waals surface area contributed by atoms with E-state index in [1.54, 1.807) is 24.3 Å². The van der Waals surface area contributed by atoms with Crippen molar-refractivity contribution in [2.45, 2.75) is 20.8 Å².